The van der Waals surface area contributed by atoms with E-state index >= 15 is 0 Å². The number of halogens is 2. The number of fused-ring (bicyclic) bond motifs is 1. The molecular weight excluding hydrogens is 409 g/mol. The third kappa shape index (κ3) is 5.22. The van der Waals surface area contributed by atoms with Gasteiger partial charge in [-0.2, -0.15) is 0 Å². The summed E-state index contributed by atoms with van der Waals surface area (Å²) in [6, 6.07) is 7.71. The first-order chi connectivity index (χ1) is 14.4. The Morgan fingerprint density at radius 3 is 2.77 bits per heavy atom. The highest BCUT2D eigenvalue weighted by Crippen LogP contribution is 2.33. The largest absolute Gasteiger partial charge is 0.494 e. The van der Waals surface area contributed by atoms with E-state index in [0.717, 1.165) is 0 Å². The monoisotopic (exact) mass is 429 g/mol. The predicted molar refractivity (Wildman–Crippen MR) is 117 cm³/mol. The number of carbonyl (C=O) groups is 1. The normalized spacial score (nSPS) is 11.3. The molecule has 0 atom stereocenters. The number of rotatable bonds is 7. The Labute approximate surface area is 178 Å². The van der Waals surface area contributed by atoms with E-state index in [-0.39, 0.29) is 10.9 Å². The van der Waals surface area contributed by atoms with Gasteiger partial charge in [0.15, 0.2) is 0 Å². The van der Waals surface area contributed by atoms with Gasteiger partial charge in [-0.15, -0.1) is 0 Å². The van der Waals surface area contributed by atoms with Crippen molar-refractivity contribution >= 4 is 45.6 Å². The smallest absolute Gasteiger partial charge is 0.248 e. The van der Waals surface area contributed by atoms with Crippen LogP contribution in [0.15, 0.2) is 48.8 Å². The minimum absolute atomic E-state index is 0.00232. The second kappa shape index (κ2) is 9.51. The molecule has 0 saturated carbocycles. The Kier molecular flexibility index (Phi) is 6.81. The average molecular weight is 430 g/mol. The lowest BCUT2D eigenvalue weighted by Gasteiger charge is -2.13. The standard InChI is InChI=1S/C21H21ClFN5O2/c1-28(2)8-4-5-20(29)27-18-10-14-17(11-19(18)30-3)24-12-25-21(14)26-13-6-7-16(23)15(22)9-13/h4-7,9-12H,8H2,1-3H3,(H,27,29)(H,24,25,26). The molecule has 0 spiro atoms. The molecule has 0 aliphatic rings. The fraction of sp³-hybridized carbons (Fsp3) is 0.190. The molecule has 0 aliphatic heterocycles. The second-order valence-corrected chi connectivity index (χ2v) is 7.11. The van der Waals surface area contributed by atoms with Gasteiger partial charge in [0.2, 0.25) is 5.91 Å². The summed E-state index contributed by atoms with van der Waals surface area (Å²) >= 11 is 5.86. The van der Waals surface area contributed by atoms with Crippen LogP contribution in [-0.4, -0.2) is 48.5 Å². The molecule has 2 N–H and O–H groups in total. The Morgan fingerprint density at radius 1 is 1.27 bits per heavy atom. The highest BCUT2D eigenvalue weighted by Gasteiger charge is 2.13. The first-order valence-electron chi connectivity index (χ1n) is 9.04. The highest BCUT2D eigenvalue weighted by molar-refractivity contribution is 6.31. The van der Waals surface area contributed by atoms with Crippen LogP contribution in [-0.2, 0) is 4.79 Å². The highest BCUT2D eigenvalue weighted by atomic mass is 35.5. The van der Waals surface area contributed by atoms with Gasteiger partial charge in [-0.1, -0.05) is 17.7 Å². The zero-order valence-corrected chi connectivity index (χ0v) is 17.5. The molecular formula is C21H21ClFN5O2. The summed E-state index contributed by atoms with van der Waals surface area (Å²) in [7, 11) is 5.34. The Hall–Kier alpha value is -3.23. The number of hydrogen-bond donors (Lipinski definition) is 2. The maximum Gasteiger partial charge on any atom is 0.248 e. The van der Waals surface area contributed by atoms with Crippen LogP contribution in [0.4, 0.5) is 21.6 Å². The average Bonchev–Trinajstić information content (AvgIpc) is 2.70. The first-order valence-corrected chi connectivity index (χ1v) is 9.42. The SMILES string of the molecule is COc1cc2ncnc(Nc3ccc(F)c(Cl)c3)c2cc1NC(=O)C=CCN(C)C. The van der Waals surface area contributed by atoms with Gasteiger partial charge >= 0.3 is 0 Å². The summed E-state index contributed by atoms with van der Waals surface area (Å²) in [5.41, 5.74) is 1.65. The summed E-state index contributed by atoms with van der Waals surface area (Å²) in [5.74, 6) is 0.147. The Morgan fingerprint density at radius 2 is 2.07 bits per heavy atom. The summed E-state index contributed by atoms with van der Waals surface area (Å²) in [6.07, 6.45) is 4.62. The number of amides is 1. The maximum absolute atomic E-state index is 13.4. The number of likely N-dealkylation sites (N-methyl/N-ethyl adjacent to an activating group) is 1. The van der Waals surface area contributed by atoms with Gasteiger partial charge in [0, 0.05) is 29.8 Å². The molecule has 0 unspecified atom stereocenters. The molecule has 156 valence electrons. The maximum atomic E-state index is 13.4. The number of ether oxygens (including phenoxy) is 1. The van der Waals surface area contributed by atoms with Crippen molar-refractivity contribution in [2.75, 3.05) is 38.4 Å². The van der Waals surface area contributed by atoms with E-state index in [2.05, 4.69) is 20.6 Å². The number of anilines is 3. The molecule has 0 saturated heterocycles. The second-order valence-electron chi connectivity index (χ2n) is 6.70. The van der Waals surface area contributed by atoms with E-state index in [9.17, 15) is 9.18 Å². The molecule has 0 radical (unpaired) electrons. The lowest BCUT2D eigenvalue weighted by molar-refractivity contribution is -0.111. The summed E-state index contributed by atoms with van der Waals surface area (Å²) in [4.78, 5) is 22.7. The molecule has 1 aromatic heterocycles. The number of benzene rings is 2. The van der Waals surface area contributed by atoms with Crippen LogP contribution in [0.5, 0.6) is 5.75 Å². The van der Waals surface area contributed by atoms with E-state index in [1.165, 1.54) is 31.6 Å². The Bertz CT molecular complexity index is 1100. The van der Waals surface area contributed by atoms with E-state index in [1.807, 2.05) is 19.0 Å². The molecule has 3 rings (SSSR count). The van der Waals surface area contributed by atoms with Gasteiger partial charge in [-0.05, 0) is 38.4 Å². The van der Waals surface area contributed by atoms with Crippen molar-refractivity contribution in [3.8, 4) is 5.75 Å². The van der Waals surface area contributed by atoms with E-state index in [0.29, 0.717) is 40.4 Å². The molecule has 1 heterocycles. The fourth-order valence-electron chi connectivity index (χ4n) is 2.71. The van der Waals surface area contributed by atoms with Crippen LogP contribution in [0.25, 0.3) is 10.9 Å². The Balaban J connectivity index is 1.94. The van der Waals surface area contributed by atoms with Crippen molar-refractivity contribution in [2.24, 2.45) is 0 Å². The lowest BCUT2D eigenvalue weighted by Crippen LogP contribution is -2.13. The molecule has 0 aliphatic carbocycles. The van der Waals surface area contributed by atoms with Crippen LogP contribution < -0.4 is 15.4 Å². The number of methoxy groups -OCH3 is 1. The quantitative estimate of drug-likeness (QED) is 0.547. The number of hydrogen-bond acceptors (Lipinski definition) is 6. The number of carbonyl (C=O) groups excluding carboxylic acids is 1. The first kappa shape index (κ1) is 21.5. The minimum atomic E-state index is -0.508. The third-order valence-corrected chi connectivity index (χ3v) is 4.43. The minimum Gasteiger partial charge on any atom is -0.494 e. The van der Waals surface area contributed by atoms with Gasteiger partial charge in [-0.25, -0.2) is 14.4 Å². The number of aromatic nitrogens is 2. The number of nitrogens with one attached hydrogen (secondary N) is 2. The summed E-state index contributed by atoms with van der Waals surface area (Å²) in [5, 5.41) is 6.56. The number of nitrogens with zero attached hydrogens (tertiary/aromatic N) is 3. The van der Waals surface area contributed by atoms with Crippen LogP contribution in [0.1, 0.15) is 0 Å². The predicted octanol–water partition coefficient (Wildman–Crippen LogP) is 4.23. The topological polar surface area (TPSA) is 79.4 Å². The van der Waals surface area contributed by atoms with E-state index < -0.39 is 5.82 Å². The lowest BCUT2D eigenvalue weighted by atomic mass is 10.1. The molecule has 2 aromatic carbocycles. The molecule has 30 heavy (non-hydrogen) atoms. The van der Waals surface area contributed by atoms with E-state index in [4.69, 9.17) is 16.3 Å². The van der Waals surface area contributed by atoms with Crippen LogP contribution in [0.2, 0.25) is 5.02 Å². The van der Waals surface area contributed by atoms with Crippen molar-refractivity contribution in [1.29, 1.82) is 0 Å². The zero-order chi connectivity index (χ0) is 21.7. The summed E-state index contributed by atoms with van der Waals surface area (Å²) < 4.78 is 18.8. The van der Waals surface area contributed by atoms with Gasteiger partial charge in [0.25, 0.3) is 0 Å². The van der Waals surface area contributed by atoms with Crippen molar-refractivity contribution in [2.45, 2.75) is 0 Å². The molecule has 0 fully saturated rings. The van der Waals surface area contributed by atoms with Crippen LogP contribution in [0.3, 0.4) is 0 Å². The summed E-state index contributed by atoms with van der Waals surface area (Å²) in [6.45, 7) is 0.643. The van der Waals surface area contributed by atoms with Crippen molar-refractivity contribution in [3.05, 3.63) is 59.7 Å². The molecule has 7 nitrogen and oxygen atoms in total. The van der Waals surface area contributed by atoms with Crippen molar-refractivity contribution < 1.29 is 13.9 Å². The zero-order valence-electron chi connectivity index (χ0n) is 16.7. The molecule has 9 heteroatoms. The third-order valence-electron chi connectivity index (χ3n) is 4.14. The van der Waals surface area contributed by atoms with Gasteiger partial charge in [0.05, 0.1) is 23.3 Å². The molecule has 1 amide bonds. The van der Waals surface area contributed by atoms with Crippen molar-refractivity contribution in [1.82, 2.24) is 14.9 Å². The van der Waals surface area contributed by atoms with Crippen LogP contribution >= 0.6 is 11.6 Å². The van der Waals surface area contributed by atoms with Crippen LogP contribution in [0, 0.1) is 5.82 Å². The molecule has 0 bridgehead atoms. The van der Waals surface area contributed by atoms with E-state index in [1.54, 1.807) is 24.3 Å². The molecule has 3 aromatic rings. The van der Waals surface area contributed by atoms with Crippen molar-refractivity contribution in [3.63, 3.8) is 0 Å². The van der Waals surface area contributed by atoms with Gasteiger partial charge in [-0.3, -0.25) is 4.79 Å². The van der Waals surface area contributed by atoms with Gasteiger partial charge in [0.1, 0.15) is 23.7 Å². The fourth-order valence-corrected chi connectivity index (χ4v) is 2.89. The van der Waals surface area contributed by atoms with Gasteiger partial charge < -0.3 is 20.3 Å².